The average molecular weight is 475 g/mol. The topological polar surface area (TPSA) is 94.4 Å². The van der Waals surface area contributed by atoms with Crippen molar-refractivity contribution in [3.05, 3.63) is 77.9 Å². The van der Waals surface area contributed by atoms with E-state index in [9.17, 15) is 4.79 Å². The van der Waals surface area contributed by atoms with Crippen molar-refractivity contribution in [3.8, 4) is 17.4 Å². The van der Waals surface area contributed by atoms with Gasteiger partial charge in [-0.15, -0.1) is 0 Å². The molecule has 172 valence electrons. The Hall–Kier alpha value is -3.92. The fourth-order valence-corrected chi connectivity index (χ4v) is 5.03. The number of amides is 1. The number of fused-ring (bicyclic) bond motifs is 2. The van der Waals surface area contributed by atoms with E-state index in [-0.39, 0.29) is 18.7 Å². The van der Waals surface area contributed by atoms with Gasteiger partial charge in [-0.05, 0) is 35.2 Å². The van der Waals surface area contributed by atoms with Crippen molar-refractivity contribution < 1.29 is 14.3 Å². The van der Waals surface area contributed by atoms with Gasteiger partial charge in [-0.2, -0.15) is 9.36 Å². The van der Waals surface area contributed by atoms with Gasteiger partial charge in [-0.1, -0.05) is 30.3 Å². The monoisotopic (exact) mass is 474 g/mol. The molecule has 1 atom stereocenters. The molecule has 2 aliphatic heterocycles. The van der Waals surface area contributed by atoms with Gasteiger partial charge in [-0.3, -0.25) is 9.36 Å². The minimum Gasteiger partial charge on any atom is -0.454 e. The normalized spacial score (nSPS) is 16.4. The van der Waals surface area contributed by atoms with Gasteiger partial charge in [0, 0.05) is 43.4 Å². The van der Waals surface area contributed by atoms with Crippen molar-refractivity contribution >= 4 is 22.6 Å². The molecule has 6 rings (SSSR count). The third kappa shape index (κ3) is 3.96. The fourth-order valence-electron chi connectivity index (χ4n) is 4.31. The number of carbonyl (C=O) groups is 1. The second-order valence-corrected chi connectivity index (χ2v) is 8.92. The van der Waals surface area contributed by atoms with Gasteiger partial charge in [0.15, 0.2) is 11.5 Å². The Morgan fingerprint density at radius 2 is 2.03 bits per heavy atom. The second-order valence-electron chi connectivity index (χ2n) is 8.19. The first-order valence-corrected chi connectivity index (χ1v) is 11.8. The van der Waals surface area contributed by atoms with Crippen LogP contribution in [-0.4, -0.2) is 44.2 Å². The molecular formula is C24H22N6O3S. The van der Waals surface area contributed by atoms with E-state index in [1.54, 1.807) is 23.3 Å². The lowest BCUT2D eigenvalue weighted by atomic mass is 9.94. The van der Waals surface area contributed by atoms with Crippen LogP contribution in [0.2, 0.25) is 0 Å². The molecule has 0 saturated carbocycles. The molecule has 2 aliphatic rings. The maximum absolute atomic E-state index is 13.3. The molecule has 2 aromatic carbocycles. The lowest BCUT2D eigenvalue weighted by molar-refractivity contribution is -0.122. The van der Waals surface area contributed by atoms with Crippen molar-refractivity contribution in [3.63, 3.8) is 0 Å². The predicted octanol–water partition coefficient (Wildman–Crippen LogP) is 2.74. The highest BCUT2D eigenvalue weighted by Gasteiger charge is 2.33. The summed E-state index contributed by atoms with van der Waals surface area (Å²) >= 11 is 1.29. The van der Waals surface area contributed by atoms with Crippen molar-refractivity contribution in [2.75, 3.05) is 18.2 Å². The summed E-state index contributed by atoms with van der Waals surface area (Å²) in [6.45, 7) is 1.39. The van der Waals surface area contributed by atoms with E-state index in [0.29, 0.717) is 37.0 Å². The third-order valence-corrected chi connectivity index (χ3v) is 6.83. The summed E-state index contributed by atoms with van der Waals surface area (Å²) in [6.07, 6.45) is 6.48. The van der Waals surface area contributed by atoms with E-state index in [0.717, 1.165) is 17.1 Å². The summed E-state index contributed by atoms with van der Waals surface area (Å²) in [5, 5.41) is 3.84. The first-order chi connectivity index (χ1) is 16.7. The molecule has 4 heterocycles. The van der Waals surface area contributed by atoms with Gasteiger partial charge >= 0.3 is 0 Å². The largest absolute Gasteiger partial charge is 0.454 e. The molecule has 0 saturated heterocycles. The second kappa shape index (κ2) is 8.79. The molecule has 9 nitrogen and oxygen atoms in total. The summed E-state index contributed by atoms with van der Waals surface area (Å²) < 4.78 is 17.1. The molecule has 0 bridgehead atoms. The maximum atomic E-state index is 13.3. The number of hydrogen-bond donors (Lipinski definition) is 1. The highest BCUT2D eigenvalue weighted by molar-refractivity contribution is 7.09. The van der Waals surface area contributed by atoms with Crippen LogP contribution in [-0.2, 0) is 24.2 Å². The summed E-state index contributed by atoms with van der Waals surface area (Å²) in [5.41, 5.74) is 3.48. The van der Waals surface area contributed by atoms with Gasteiger partial charge < -0.3 is 19.7 Å². The number of anilines is 1. The van der Waals surface area contributed by atoms with Crippen LogP contribution in [0.25, 0.3) is 5.95 Å². The molecule has 0 radical (unpaired) electrons. The summed E-state index contributed by atoms with van der Waals surface area (Å²) in [5.74, 6) is 2.05. The highest BCUT2D eigenvalue weighted by atomic mass is 32.1. The van der Waals surface area contributed by atoms with E-state index < -0.39 is 0 Å². The van der Waals surface area contributed by atoms with Crippen molar-refractivity contribution in [2.24, 2.45) is 0 Å². The summed E-state index contributed by atoms with van der Waals surface area (Å²) in [4.78, 5) is 24.2. The number of hydrogen-bond acceptors (Lipinski definition) is 8. The quantitative estimate of drug-likeness (QED) is 0.459. The van der Waals surface area contributed by atoms with Gasteiger partial charge in [0.05, 0.1) is 0 Å². The molecule has 10 heteroatoms. The molecule has 4 aromatic rings. The zero-order valence-electron chi connectivity index (χ0n) is 18.3. The SMILES string of the molecule is O=C(NCCc1ccc2c(c1)OCO2)[C@H]1Cc2ccccc2CN1c1nc(-n2ccnc2)ns1. The molecular weight excluding hydrogens is 452 g/mol. The minimum atomic E-state index is -0.366. The number of nitrogens with one attached hydrogen (secondary N) is 1. The molecule has 0 spiro atoms. The number of benzene rings is 2. The Morgan fingerprint density at radius 3 is 2.91 bits per heavy atom. The van der Waals surface area contributed by atoms with Crippen LogP contribution >= 0.6 is 11.5 Å². The number of imidazole rings is 1. The first kappa shape index (κ1) is 20.7. The molecule has 0 aliphatic carbocycles. The number of carbonyl (C=O) groups excluding carboxylic acids is 1. The Morgan fingerprint density at radius 1 is 1.15 bits per heavy atom. The highest BCUT2D eigenvalue weighted by Crippen LogP contribution is 2.33. The van der Waals surface area contributed by atoms with E-state index in [1.165, 1.54) is 22.7 Å². The van der Waals surface area contributed by atoms with Crippen LogP contribution in [0.1, 0.15) is 16.7 Å². The minimum absolute atomic E-state index is 0.0189. The van der Waals surface area contributed by atoms with E-state index in [4.69, 9.17) is 14.5 Å². The predicted molar refractivity (Wildman–Crippen MR) is 126 cm³/mol. The van der Waals surface area contributed by atoms with E-state index in [1.807, 2.05) is 30.3 Å². The lowest BCUT2D eigenvalue weighted by Gasteiger charge is -2.35. The smallest absolute Gasteiger partial charge is 0.248 e. The van der Waals surface area contributed by atoms with Gasteiger partial charge in [0.2, 0.25) is 23.8 Å². The first-order valence-electron chi connectivity index (χ1n) is 11.1. The van der Waals surface area contributed by atoms with Gasteiger partial charge in [-0.25, -0.2) is 4.98 Å². The van der Waals surface area contributed by atoms with Crippen LogP contribution < -0.4 is 19.7 Å². The maximum Gasteiger partial charge on any atom is 0.248 e. The zero-order valence-corrected chi connectivity index (χ0v) is 19.1. The molecule has 1 N–H and O–H groups in total. The van der Waals surface area contributed by atoms with E-state index >= 15 is 0 Å². The van der Waals surface area contributed by atoms with Crippen molar-refractivity contribution in [2.45, 2.75) is 25.4 Å². The number of ether oxygens (including phenoxy) is 2. The standard InChI is InChI=1S/C24H22N6O3S/c31-22(26-8-7-16-5-6-20-21(11-16)33-15-32-20)19-12-17-3-1-2-4-18(17)13-30(19)24-27-23(28-34-24)29-10-9-25-14-29/h1-6,9-11,14,19H,7-8,12-13,15H2,(H,26,31)/t19-/m1/s1. The fraction of sp³-hybridized carbons (Fsp3) is 0.250. The van der Waals surface area contributed by atoms with Gasteiger partial charge in [0.25, 0.3) is 0 Å². The Balaban J connectivity index is 1.19. The van der Waals surface area contributed by atoms with Crippen LogP contribution in [0.5, 0.6) is 11.5 Å². The molecule has 2 aromatic heterocycles. The molecule has 1 amide bonds. The van der Waals surface area contributed by atoms with E-state index in [2.05, 4.69) is 31.7 Å². The molecule has 34 heavy (non-hydrogen) atoms. The summed E-state index contributed by atoms with van der Waals surface area (Å²) in [7, 11) is 0. The Labute approximate surface area is 200 Å². The summed E-state index contributed by atoms with van der Waals surface area (Å²) in [6, 6.07) is 13.8. The van der Waals surface area contributed by atoms with Gasteiger partial charge in [0.1, 0.15) is 12.4 Å². The molecule has 0 unspecified atom stereocenters. The number of nitrogens with zero attached hydrogens (tertiary/aromatic N) is 5. The Bertz CT molecular complexity index is 1320. The molecule has 0 fully saturated rings. The number of aromatic nitrogens is 4. The van der Waals surface area contributed by atoms with Crippen LogP contribution in [0.3, 0.4) is 0 Å². The average Bonchev–Trinajstić information content (AvgIpc) is 3.64. The van der Waals surface area contributed by atoms with Crippen LogP contribution in [0.15, 0.2) is 61.2 Å². The van der Waals surface area contributed by atoms with Crippen LogP contribution in [0, 0.1) is 0 Å². The van der Waals surface area contributed by atoms with Crippen molar-refractivity contribution in [1.29, 1.82) is 0 Å². The van der Waals surface area contributed by atoms with Crippen LogP contribution in [0.4, 0.5) is 5.13 Å². The van der Waals surface area contributed by atoms with Crippen molar-refractivity contribution in [1.82, 2.24) is 24.2 Å². The lowest BCUT2D eigenvalue weighted by Crippen LogP contribution is -2.50. The Kier molecular flexibility index (Phi) is 5.34. The third-order valence-electron chi connectivity index (χ3n) is 6.09. The number of rotatable bonds is 6. The zero-order chi connectivity index (χ0) is 22.9.